The molecule has 1 aliphatic rings. The summed E-state index contributed by atoms with van der Waals surface area (Å²) in [5, 5.41) is 2.89. The van der Waals surface area contributed by atoms with Gasteiger partial charge in [0, 0.05) is 28.6 Å². The molecule has 0 heterocycles. The molecule has 1 aromatic rings. The molecule has 0 radical (unpaired) electrons. The Hall–Kier alpha value is -0.910. The SMILES string of the molecule is CCOC1CC(N)(C(=O)Nc2ccc(Br)cc2)C1(C)C. The van der Waals surface area contributed by atoms with Gasteiger partial charge in [0.25, 0.3) is 0 Å². The van der Waals surface area contributed by atoms with E-state index in [1.165, 1.54) is 0 Å². The zero-order chi connectivity index (χ0) is 15.0. The van der Waals surface area contributed by atoms with Crippen molar-refractivity contribution >= 4 is 27.5 Å². The van der Waals surface area contributed by atoms with Gasteiger partial charge in [0.1, 0.15) is 5.54 Å². The summed E-state index contributed by atoms with van der Waals surface area (Å²) in [6, 6.07) is 7.45. The first-order chi connectivity index (χ1) is 9.31. The van der Waals surface area contributed by atoms with Crippen molar-refractivity contribution in [2.45, 2.75) is 38.8 Å². The molecule has 110 valence electrons. The fourth-order valence-corrected chi connectivity index (χ4v) is 2.86. The molecule has 1 saturated carbocycles. The fourth-order valence-electron chi connectivity index (χ4n) is 2.60. The average Bonchev–Trinajstić information content (AvgIpc) is 2.40. The van der Waals surface area contributed by atoms with E-state index in [0.29, 0.717) is 13.0 Å². The number of nitrogens with one attached hydrogen (secondary N) is 1. The van der Waals surface area contributed by atoms with E-state index in [2.05, 4.69) is 21.2 Å². The molecule has 1 aromatic carbocycles. The lowest BCUT2D eigenvalue weighted by molar-refractivity contribution is -0.166. The Kier molecular flexibility index (Phi) is 4.23. The fraction of sp³-hybridized carbons (Fsp3) is 0.533. The Morgan fingerprint density at radius 2 is 2.05 bits per heavy atom. The molecular formula is C15H21BrN2O2. The molecule has 1 amide bonds. The molecule has 2 unspecified atom stereocenters. The quantitative estimate of drug-likeness (QED) is 0.885. The number of rotatable bonds is 4. The van der Waals surface area contributed by atoms with Crippen LogP contribution in [-0.2, 0) is 9.53 Å². The lowest BCUT2D eigenvalue weighted by atomic mass is 9.54. The first kappa shape index (κ1) is 15.5. The number of nitrogens with two attached hydrogens (primary N) is 1. The summed E-state index contributed by atoms with van der Waals surface area (Å²) in [7, 11) is 0. The lowest BCUT2D eigenvalue weighted by Crippen LogP contribution is -2.74. The van der Waals surface area contributed by atoms with Gasteiger partial charge in [-0.1, -0.05) is 29.8 Å². The van der Waals surface area contributed by atoms with E-state index >= 15 is 0 Å². The molecule has 2 atom stereocenters. The van der Waals surface area contributed by atoms with Crippen LogP contribution in [0.5, 0.6) is 0 Å². The van der Waals surface area contributed by atoms with Gasteiger partial charge >= 0.3 is 0 Å². The number of carbonyl (C=O) groups excluding carboxylic acids is 1. The molecule has 0 spiro atoms. The number of ether oxygens (including phenoxy) is 1. The topological polar surface area (TPSA) is 64.3 Å². The summed E-state index contributed by atoms with van der Waals surface area (Å²) in [6.07, 6.45) is 0.587. The highest BCUT2D eigenvalue weighted by Gasteiger charge is 2.62. The zero-order valence-electron chi connectivity index (χ0n) is 12.1. The molecule has 5 heteroatoms. The van der Waals surface area contributed by atoms with Crippen LogP contribution in [-0.4, -0.2) is 24.2 Å². The van der Waals surface area contributed by atoms with Crippen molar-refractivity contribution in [1.82, 2.24) is 0 Å². The zero-order valence-corrected chi connectivity index (χ0v) is 13.7. The molecule has 4 nitrogen and oxygen atoms in total. The summed E-state index contributed by atoms with van der Waals surface area (Å²) < 4.78 is 6.61. The molecule has 20 heavy (non-hydrogen) atoms. The Balaban J connectivity index is 2.08. The van der Waals surface area contributed by atoms with Crippen molar-refractivity contribution in [2.75, 3.05) is 11.9 Å². The van der Waals surface area contributed by atoms with Crippen LogP contribution in [0.1, 0.15) is 27.2 Å². The Labute approximate surface area is 128 Å². The molecule has 1 fully saturated rings. The minimum atomic E-state index is -0.889. The molecule has 0 bridgehead atoms. The smallest absolute Gasteiger partial charge is 0.245 e. The molecular weight excluding hydrogens is 320 g/mol. The number of anilines is 1. The van der Waals surface area contributed by atoms with Crippen molar-refractivity contribution in [2.24, 2.45) is 11.1 Å². The number of carbonyl (C=O) groups is 1. The van der Waals surface area contributed by atoms with E-state index in [-0.39, 0.29) is 17.4 Å². The van der Waals surface area contributed by atoms with Gasteiger partial charge in [-0.25, -0.2) is 0 Å². The van der Waals surface area contributed by atoms with E-state index in [0.717, 1.165) is 10.2 Å². The van der Waals surface area contributed by atoms with Crippen LogP contribution in [0, 0.1) is 5.41 Å². The van der Waals surface area contributed by atoms with Gasteiger partial charge in [-0.15, -0.1) is 0 Å². The minimum absolute atomic E-state index is 0.0353. The molecule has 2 rings (SSSR count). The lowest BCUT2D eigenvalue weighted by Gasteiger charge is -2.57. The van der Waals surface area contributed by atoms with Crippen LogP contribution < -0.4 is 11.1 Å². The Morgan fingerprint density at radius 3 is 2.55 bits per heavy atom. The van der Waals surface area contributed by atoms with Crippen molar-refractivity contribution in [1.29, 1.82) is 0 Å². The number of benzene rings is 1. The van der Waals surface area contributed by atoms with Gasteiger partial charge in [0.2, 0.25) is 5.91 Å². The highest BCUT2D eigenvalue weighted by atomic mass is 79.9. The normalized spacial score (nSPS) is 27.8. The van der Waals surface area contributed by atoms with Gasteiger partial charge in [-0.05, 0) is 31.2 Å². The molecule has 1 aliphatic carbocycles. The number of hydrogen-bond donors (Lipinski definition) is 2. The number of halogens is 1. The first-order valence-corrected chi connectivity index (χ1v) is 7.58. The van der Waals surface area contributed by atoms with Gasteiger partial charge in [-0.2, -0.15) is 0 Å². The number of amides is 1. The van der Waals surface area contributed by atoms with Gasteiger partial charge in [0.05, 0.1) is 6.10 Å². The van der Waals surface area contributed by atoms with E-state index in [1.54, 1.807) is 0 Å². The Bertz CT molecular complexity index is 501. The molecule has 0 saturated heterocycles. The summed E-state index contributed by atoms with van der Waals surface area (Å²) in [5.74, 6) is -0.152. The maximum atomic E-state index is 12.5. The standard InChI is InChI=1S/C15H21BrN2O2/c1-4-20-12-9-15(17,14(12,2)3)13(19)18-11-7-5-10(16)6-8-11/h5-8,12H,4,9,17H2,1-3H3,(H,18,19). The molecule has 0 aliphatic heterocycles. The van der Waals surface area contributed by atoms with E-state index in [9.17, 15) is 4.79 Å². The second-order valence-corrected chi connectivity index (χ2v) is 6.72. The van der Waals surface area contributed by atoms with Gasteiger partial charge < -0.3 is 15.8 Å². The maximum absolute atomic E-state index is 12.5. The maximum Gasteiger partial charge on any atom is 0.245 e. The van der Waals surface area contributed by atoms with Crippen molar-refractivity contribution in [3.8, 4) is 0 Å². The van der Waals surface area contributed by atoms with E-state index in [4.69, 9.17) is 10.5 Å². The third kappa shape index (κ3) is 2.50. The van der Waals surface area contributed by atoms with E-state index in [1.807, 2.05) is 45.0 Å². The third-order valence-electron chi connectivity index (χ3n) is 4.34. The van der Waals surface area contributed by atoms with Crippen molar-refractivity contribution in [3.05, 3.63) is 28.7 Å². The highest BCUT2D eigenvalue weighted by Crippen LogP contribution is 2.50. The largest absolute Gasteiger partial charge is 0.378 e. The molecule has 3 N–H and O–H groups in total. The van der Waals surface area contributed by atoms with Gasteiger partial charge in [-0.3, -0.25) is 4.79 Å². The summed E-state index contributed by atoms with van der Waals surface area (Å²) >= 11 is 3.37. The van der Waals surface area contributed by atoms with Crippen molar-refractivity contribution < 1.29 is 9.53 Å². The Morgan fingerprint density at radius 1 is 1.45 bits per heavy atom. The average molecular weight is 341 g/mol. The van der Waals surface area contributed by atoms with Crippen LogP contribution in [0.15, 0.2) is 28.7 Å². The van der Waals surface area contributed by atoms with Crippen LogP contribution in [0.2, 0.25) is 0 Å². The van der Waals surface area contributed by atoms with Crippen LogP contribution >= 0.6 is 15.9 Å². The van der Waals surface area contributed by atoms with E-state index < -0.39 is 5.54 Å². The van der Waals surface area contributed by atoms with Gasteiger partial charge in [0.15, 0.2) is 0 Å². The van der Waals surface area contributed by atoms with Crippen LogP contribution in [0.25, 0.3) is 0 Å². The summed E-state index contributed by atoms with van der Waals surface area (Å²) in [6.45, 7) is 6.56. The summed E-state index contributed by atoms with van der Waals surface area (Å²) in [5.41, 5.74) is 5.81. The second kappa shape index (κ2) is 5.47. The summed E-state index contributed by atoms with van der Waals surface area (Å²) in [4.78, 5) is 12.5. The van der Waals surface area contributed by atoms with Crippen LogP contribution in [0.3, 0.4) is 0 Å². The predicted octanol–water partition coefficient (Wildman–Crippen LogP) is 2.92. The number of hydrogen-bond acceptors (Lipinski definition) is 3. The predicted molar refractivity (Wildman–Crippen MR) is 83.5 cm³/mol. The monoisotopic (exact) mass is 340 g/mol. The minimum Gasteiger partial charge on any atom is -0.378 e. The van der Waals surface area contributed by atoms with Crippen molar-refractivity contribution in [3.63, 3.8) is 0 Å². The molecule has 0 aromatic heterocycles. The van der Waals surface area contributed by atoms with Crippen LogP contribution in [0.4, 0.5) is 5.69 Å². The second-order valence-electron chi connectivity index (χ2n) is 5.80. The third-order valence-corrected chi connectivity index (χ3v) is 4.87. The highest BCUT2D eigenvalue weighted by molar-refractivity contribution is 9.10. The first-order valence-electron chi connectivity index (χ1n) is 6.79.